The van der Waals surface area contributed by atoms with E-state index in [1.807, 2.05) is 30.3 Å². The Hall–Kier alpha value is -3.45. The molecule has 0 fully saturated rings. The Morgan fingerprint density at radius 3 is 2.74 bits per heavy atom. The third-order valence-corrected chi connectivity index (χ3v) is 4.65. The number of hydrogen-bond donors (Lipinski definition) is 1. The average Bonchev–Trinajstić information content (AvgIpc) is 3.17. The van der Waals surface area contributed by atoms with E-state index in [0.717, 1.165) is 0 Å². The number of thiazole rings is 1. The van der Waals surface area contributed by atoms with Crippen molar-refractivity contribution in [2.45, 2.75) is 6.61 Å². The number of ether oxygens (including phenoxy) is 1. The van der Waals surface area contributed by atoms with Crippen molar-refractivity contribution in [1.29, 1.82) is 0 Å². The normalized spacial score (nSPS) is 10.7. The SMILES string of the molecule is O=C(Nc1ccccc1)c1ccccc1OCc1cc(=O)n2ccsc2n1. The second kappa shape index (κ2) is 7.43. The number of hydrogen-bond acceptors (Lipinski definition) is 5. The Labute approximate surface area is 158 Å². The molecule has 0 bridgehead atoms. The van der Waals surface area contributed by atoms with Gasteiger partial charge in [0.1, 0.15) is 12.4 Å². The molecule has 4 aromatic rings. The van der Waals surface area contributed by atoms with Crippen LogP contribution in [0.3, 0.4) is 0 Å². The Bertz CT molecular complexity index is 1150. The molecule has 0 aliphatic heterocycles. The molecule has 1 N–H and O–H groups in total. The molecule has 2 heterocycles. The van der Waals surface area contributed by atoms with Gasteiger partial charge in [0.15, 0.2) is 4.96 Å². The molecule has 0 atom stereocenters. The molecule has 0 saturated heterocycles. The van der Waals surface area contributed by atoms with Crippen molar-refractivity contribution in [2.24, 2.45) is 0 Å². The lowest BCUT2D eigenvalue weighted by atomic mass is 10.2. The molecule has 0 aliphatic carbocycles. The minimum atomic E-state index is -0.265. The van der Waals surface area contributed by atoms with Gasteiger partial charge in [-0.25, -0.2) is 4.98 Å². The number of benzene rings is 2. The minimum absolute atomic E-state index is 0.0965. The van der Waals surface area contributed by atoms with Crippen LogP contribution >= 0.6 is 11.3 Å². The highest BCUT2D eigenvalue weighted by molar-refractivity contribution is 7.15. The van der Waals surface area contributed by atoms with Crippen molar-refractivity contribution < 1.29 is 9.53 Å². The largest absolute Gasteiger partial charge is 0.486 e. The zero-order chi connectivity index (χ0) is 18.6. The number of carbonyl (C=O) groups excluding carboxylic acids is 1. The van der Waals surface area contributed by atoms with Crippen LogP contribution in [0.15, 0.2) is 77.0 Å². The maximum absolute atomic E-state index is 12.6. The van der Waals surface area contributed by atoms with Crippen LogP contribution in [-0.4, -0.2) is 15.3 Å². The Kier molecular flexibility index (Phi) is 4.67. The van der Waals surface area contributed by atoms with Crippen LogP contribution in [0.25, 0.3) is 4.96 Å². The van der Waals surface area contributed by atoms with E-state index in [1.54, 1.807) is 35.8 Å². The molecular weight excluding hydrogens is 362 g/mol. The first kappa shape index (κ1) is 17.0. The van der Waals surface area contributed by atoms with Gasteiger partial charge in [-0.3, -0.25) is 14.0 Å². The van der Waals surface area contributed by atoms with Gasteiger partial charge >= 0.3 is 0 Å². The van der Waals surface area contributed by atoms with E-state index in [4.69, 9.17) is 4.74 Å². The van der Waals surface area contributed by atoms with Crippen molar-refractivity contribution in [2.75, 3.05) is 5.32 Å². The van der Waals surface area contributed by atoms with E-state index in [2.05, 4.69) is 10.3 Å². The molecule has 0 aliphatic rings. The topological polar surface area (TPSA) is 72.7 Å². The highest BCUT2D eigenvalue weighted by Crippen LogP contribution is 2.21. The lowest BCUT2D eigenvalue weighted by Crippen LogP contribution is -2.15. The van der Waals surface area contributed by atoms with Gasteiger partial charge in [0.25, 0.3) is 11.5 Å². The molecule has 0 radical (unpaired) electrons. The van der Waals surface area contributed by atoms with E-state index in [0.29, 0.717) is 27.7 Å². The first-order valence-electron chi connectivity index (χ1n) is 8.25. The third-order valence-electron chi connectivity index (χ3n) is 3.90. The first-order chi connectivity index (χ1) is 13.2. The lowest BCUT2D eigenvalue weighted by molar-refractivity contribution is 0.102. The Balaban J connectivity index is 1.54. The highest BCUT2D eigenvalue weighted by Gasteiger charge is 2.13. The zero-order valence-electron chi connectivity index (χ0n) is 14.2. The monoisotopic (exact) mass is 377 g/mol. The fraction of sp³-hybridized carbons (Fsp3) is 0.0500. The second-order valence-corrected chi connectivity index (χ2v) is 6.62. The third kappa shape index (κ3) is 3.73. The van der Waals surface area contributed by atoms with Crippen LogP contribution in [0, 0.1) is 0 Å². The summed E-state index contributed by atoms with van der Waals surface area (Å²) in [6.07, 6.45) is 1.68. The van der Waals surface area contributed by atoms with Crippen LogP contribution in [0.4, 0.5) is 5.69 Å². The summed E-state index contributed by atoms with van der Waals surface area (Å²) in [6, 6.07) is 17.6. The zero-order valence-corrected chi connectivity index (χ0v) is 15.0. The standard InChI is InChI=1S/C20H15N3O3S/c24-18-12-15(22-20-23(18)10-11-27-20)13-26-17-9-5-4-8-16(17)19(25)21-14-6-2-1-3-7-14/h1-12H,13H2,(H,21,25). The van der Waals surface area contributed by atoms with Crippen molar-refractivity contribution in [3.05, 3.63) is 93.9 Å². The second-order valence-electron chi connectivity index (χ2n) is 5.75. The van der Waals surface area contributed by atoms with Crippen LogP contribution < -0.4 is 15.6 Å². The lowest BCUT2D eigenvalue weighted by Gasteiger charge is -2.11. The maximum atomic E-state index is 12.6. The van der Waals surface area contributed by atoms with Gasteiger partial charge in [0, 0.05) is 23.3 Å². The number of carbonyl (C=O) groups is 1. The summed E-state index contributed by atoms with van der Waals surface area (Å²) in [7, 11) is 0. The minimum Gasteiger partial charge on any atom is -0.486 e. The fourth-order valence-electron chi connectivity index (χ4n) is 2.61. The van der Waals surface area contributed by atoms with Crippen LogP contribution in [0.2, 0.25) is 0 Å². The molecular formula is C20H15N3O3S. The van der Waals surface area contributed by atoms with Crippen LogP contribution in [0.1, 0.15) is 16.1 Å². The highest BCUT2D eigenvalue weighted by atomic mass is 32.1. The smallest absolute Gasteiger partial charge is 0.259 e. The summed E-state index contributed by atoms with van der Waals surface area (Å²) in [5, 5.41) is 4.64. The average molecular weight is 377 g/mol. The summed E-state index contributed by atoms with van der Waals surface area (Å²) in [4.78, 5) is 29.7. The van der Waals surface area contributed by atoms with Gasteiger partial charge in [-0.05, 0) is 24.3 Å². The number of fused-ring (bicyclic) bond motifs is 1. The van der Waals surface area contributed by atoms with E-state index in [1.165, 1.54) is 21.8 Å². The van der Waals surface area contributed by atoms with Gasteiger partial charge in [-0.1, -0.05) is 30.3 Å². The van der Waals surface area contributed by atoms with E-state index in [9.17, 15) is 9.59 Å². The Morgan fingerprint density at radius 1 is 1.11 bits per heavy atom. The molecule has 6 nitrogen and oxygen atoms in total. The van der Waals surface area contributed by atoms with Gasteiger partial charge in [-0.2, -0.15) is 0 Å². The molecule has 7 heteroatoms. The van der Waals surface area contributed by atoms with Gasteiger partial charge < -0.3 is 10.1 Å². The van der Waals surface area contributed by atoms with E-state index >= 15 is 0 Å². The van der Waals surface area contributed by atoms with Crippen molar-refractivity contribution in [3.8, 4) is 5.75 Å². The number of para-hydroxylation sites is 2. The van der Waals surface area contributed by atoms with Crippen molar-refractivity contribution >= 4 is 27.9 Å². The van der Waals surface area contributed by atoms with Gasteiger partial charge in [-0.15, -0.1) is 11.3 Å². The number of anilines is 1. The summed E-state index contributed by atoms with van der Waals surface area (Å²) in [6.45, 7) is 0.0965. The predicted octanol–water partition coefficient (Wildman–Crippen LogP) is 3.59. The van der Waals surface area contributed by atoms with Gasteiger partial charge in [0.2, 0.25) is 0 Å². The molecule has 27 heavy (non-hydrogen) atoms. The fourth-order valence-corrected chi connectivity index (χ4v) is 3.35. The Morgan fingerprint density at radius 2 is 1.89 bits per heavy atom. The van der Waals surface area contributed by atoms with Crippen LogP contribution in [-0.2, 0) is 6.61 Å². The van der Waals surface area contributed by atoms with Crippen molar-refractivity contribution in [1.82, 2.24) is 9.38 Å². The molecule has 0 saturated carbocycles. The summed E-state index contributed by atoms with van der Waals surface area (Å²) >= 11 is 1.38. The quantitative estimate of drug-likeness (QED) is 0.577. The number of amides is 1. The maximum Gasteiger partial charge on any atom is 0.259 e. The van der Waals surface area contributed by atoms with Crippen molar-refractivity contribution in [3.63, 3.8) is 0 Å². The number of rotatable bonds is 5. The molecule has 2 aromatic carbocycles. The number of nitrogens with zero attached hydrogens (tertiary/aromatic N) is 2. The van der Waals surface area contributed by atoms with Gasteiger partial charge in [0.05, 0.1) is 11.3 Å². The first-order valence-corrected chi connectivity index (χ1v) is 9.13. The number of aromatic nitrogens is 2. The molecule has 134 valence electrons. The summed E-state index contributed by atoms with van der Waals surface area (Å²) < 4.78 is 7.28. The molecule has 1 amide bonds. The number of nitrogens with one attached hydrogen (secondary N) is 1. The molecule has 2 aromatic heterocycles. The summed E-state index contributed by atoms with van der Waals surface area (Å²) in [5.74, 6) is 0.164. The van der Waals surface area contributed by atoms with Crippen LogP contribution in [0.5, 0.6) is 5.75 Å². The predicted molar refractivity (Wildman–Crippen MR) is 105 cm³/mol. The molecule has 4 rings (SSSR count). The molecule has 0 spiro atoms. The summed E-state index contributed by atoms with van der Waals surface area (Å²) in [5.41, 5.74) is 1.47. The molecule has 0 unspecified atom stereocenters. The van der Waals surface area contributed by atoms with E-state index in [-0.39, 0.29) is 18.1 Å². The van der Waals surface area contributed by atoms with E-state index < -0.39 is 0 Å².